The van der Waals surface area contributed by atoms with Gasteiger partial charge in [0.2, 0.25) is 0 Å². The lowest BCUT2D eigenvalue weighted by Gasteiger charge is -2.15. The first-order chi connectivity index (χ1) is 15.9. The molecule has 0 bridgehead atoms. The fraction of sp³-hybridized carbons (Fsp3) is 0. The lowest BCUT2D eigenvalue weighted by Crippen LogP contribution is -1.89. The van der Waals surface area contributed by atoms with Crippen LogP contribution in [0.25, 0.3) is 54.9 Å². The molecule has 0 atom stereocenters. The van der Waals surface area contributed by atoms with E-state index in [1.54, 1.807) is 0 Å². The molecular formula is C30H20N2. The van der Waals surface area contributed by atoms with Gasteiger partial charge in [0.25, 0.3) is 0 Å². The largest absolute Gasteiger partial charge is 0.265 e. The van der Waals surface area contributed by atoms with Crippen LogP contribution in [-0.2, 0) is 0 Å². The van der Waals surface area contributed by atoms with Crippen molar-refractivity contribution < 1.29 is 0 Å². The van der Waals surface area contributed by atoms with Gasteiger partial charge in [-0.05, 0) is 103 Å². The summed E-state index contributed by atoms with van der Waals surface area (Å²) in [5, 5.41) is 5.03. The molecule has 0 radical (unpaired) electrons. The first kappa shape index (κ1) is 18.5. The van der Waals surface area contributed by atoms with E-state index < -0.39 is 0 Å². The van der Waals surface area contributed by atoms with Crippen molar-refractivity contribution >= 4 is 21.5 Å². The lowest BCUT2D eigenvalue weighted by atomic mass is 9.88. The maximum atomic E-state index is 4.21. The molecule has 0 spiro atoms. The van der Waals surface area contributed by atoms with E-state index in [2.05, 4.69) is 107 Å². The van der Waals surface area contributed by atoms with E-state index in [1.807, 2.05) is 24.8 Å². The molecule has 0 aliphatic heterocycles. The number of rotatable bonds is 3. The maximum absolute atomic E-state index is 4.21. The van der Waals surface area contributed by atoms with Gasteiger partial charge in [0, 0.05) is 24.8 Å². The fourth-order valence-corrected chi connectivity index (χ4v) is 4.52. The molecule has 6 rings (SSSR count). The zero-order valence-corrected chi connectivity index (χ0v) is 17.4. The van der Waals surface area contributed by atoms with Gasteiger partial charge in [-0.1, -0.05) is 48.5 Å². The third-order valence-electron chi connectivity index (χ3n) is 6.02. The molecule has 6 aromatic rings. The van der Waals surface area contributed by atoms with Gasteiger partial charge in [0.15, 0.2) is 0 Å². The van der Waals surface area contributed by atoms with Crippen molar-refractivity contribution in [3.8, 4) is 33.4 Å². The molecule has 0 N–H and O–H groups in total. The molecule has 4 aromatic carbocycles. The van der Waals surface area contributed by atoms with Crippen LogP contribution >= 0.6 is 0 Å². The molecule has 2 aromatic heterocycles. The summed E-state index contributed by atoms with van der Waals surface area (Å²) in [6.07, 6.45) is 7.39. The topological polar surface area (TPSA) is 25.8 Å². The molecule has 150 valence electrons. The standard InChI is InChI=1S/C30H20N2/c1-3-7-28-23(5-1)17-24-6-2-4-8-29(24)30(28)27-19-25(21-9-13-31-14-10-21)18-26(20-27)22-11-15-32-16-12-22/h1-20H. The minimum absolute atomic E-state index is 1.15. The van der Waals surface area contributed by atoms with Crippen molar-refractivity contribution in [2.75, 3.05) is 0 Å². The van der Waals surface area contributed by atoms with E-state index in [1.165, 1.54) is 43.8 Å². The summed E-state index contributed by atoms with van der Waals surface area (Å²) in [6, 6.07) is 34.7. The summed E-state index contributed by atoms with van der Waals surface area (Å²) in [6.45, 7) is 0. The van der Waals surface area contributed by atoms with E-state index >= 15 is 0 Å². The highest BCUT2D eigenvalue weighted by Crippen LogP contribution is 2.40. The van der Waals surface area contributed by atoms with Crippen LogP contribution in [0.2, 0.25) is 0 Å². The molecule has 0 fully saturated rings. The number of hydrogen-bond donors (Lipinski definition) is 0. The minimum atomic E-state index is 1.15. The van der Waals surface area contributed by atoms with Gasteiger partial charge in [-0.25, -0.2) is 0 Å². The second-order valence-corrected chi connectivity index (χ2v) is 7.96. The van der Waals surface area contributed by atoms with Crippen LogP contribution in [0.5, 0.6) is 0 Å². The molecule has 32 heavy (non-hydrogen) atoms. The molecule has 0 unspecified atom stereocenters. The summed E-state index contributed by atoms with van der Waals surface area (Å²) in [4.78, 5) is 8.41. The van der Waals surface area contributed by atoms with Crippen LogP contribution in [0.1, 0.15) is 0 Å². The van der Waals surface area contributed by atoms with Gasteiger partial charge >= 0.3 is 0 Å². The van der Waals surface area contributed by atoms with E-state index in [-0.39, 0.29) is 0 Å². The summed E-state index contributed by atoms with van der Waals surface area (Å²) < 4.78 is 0. The number of nitrogens with zero attached hydrogens (tertiary/aromatic N) is 2. The van der Waals surface area contributed by atoms with Gasteiger partial charge in [0.05, 0.1) is 0 Å². The first-order valence-corrected chi connectivity index (χ1v) is 10.7. The number of hydrogen-bond acceptors (Lipinski definition) is 2. The third-order valence-corrected chi connectivity index (χ3v) is 6.02. The van der Waals surface area contributed by atoms with Crippen molar-refractivity contribution in [2.24, 2.45) is 0 Å². The molecule has 2 heterocycles. The van der Waals surface area contributed by atoms with Crippen LogP contribution in [0.3, 0.4) is 0 Å². The Balaban J connectivity index is 1.71. The molecule has 0 saturated heterocycles. The number of aromatic nitrogens is 2. The summed E-state index contributed by atoms with van der Waals surface area (Å²) in [7, 11) is 0. The zero-order valence-electron chi connectivity index (χ0n) is 17.4. The Morgan fingerprint density at radius 2 is 0.812 bits per heavy atom. The quantitative estimate of drug-likeness (QED) is 0.279. The molecule has 0 aliphatic carbocycles. The van der Waals surface area contributed by atoms with Crippen molar-refractivity contribution in [3.63, 3.8) is 0 Å². The van der Waals surface area contributed by atoms with Gasteiger partial charge in [-0.15, -0.1) is 0 Å². The molecular weight excluding hydrogens is 388 g/mol. The summed E-state index contributed by atoms with van der Waals surface area (Å²) in [5.74, 6) is 0. The summed E-state index contributed by atoms with van der Waals surface area (Å²) in [5.41, 5.74) is 7.13. The zero-order chi connectivity index (χ0) is 21.3. The Morgan fingerprint density at radius 1 is 0.375 bits per heavy atom. The van der Waals surface area contributed by atoms with Gasteiger partial charge in [-0.2, -0.15) is 0 Å². The van der Waals surface area contributed by atoms with Gasteiger partial charge < -0.3 is 0 Å². The van der Waals surface area contributed by atoms with Gasteiger partial charge in [-0.3, -0.25) is 9.97 Å². The van der Waals surface area contributed by atoms with E-state index in [0.29, 0.717) is 0 Å². The Labute approximate surface area is 186 Å². The highest BCUT2D eigenvalue weighted by atomic mass is 14.6. The highest BCUT2D eigenvalue weighted by molar-refractivity contribution is 6.13. The molecule has 0 aliphatic rings. The van der Waals surface area contributed by atoms with Crippen LogP contribution in [0.15, 0.2) is 122 Å². The molecule has 0 amide bonds. The number of pyridine rings is 2. The third kappa shape index (κ3) is 3.23. The normalized spacial score (nSPS) is 11.1. The lowest BCUT2D eigenvalue weighted by molar-refractivity contribution is 1.33. The SMILES string of the molecule is c1ccc2c(-c3cc(-c4ccncc4)cc(-c4ccncc4)c3)c3ccccc3cc2c1. The number of benzene rings is 4. The molecule has 0 saturated carbocycles. The smallest absolute Gasteiger partial charge is 0.0273 e. The minimum Gasteiger partial charge on any atom is -0.265 e. The van der Waals surface area contributed by atoms with Gasteiger partial charge in [0.1, 0.15) is 0 Å². The molecule has 2 heteroatoms. The Bertz CT molecular complexity index is 1440. The van der Waals surface area contributed by atoms with Crippen molar-refractivity contribution in [1.82, 2.24) is 9.97 Å². The van der Waals surface area contributed by atoms with E-state index in [9.17, 15) is 0 Å². The average Bonchev–Trinajstić information content (AvgIpc) is 2.88. The predicted octanol–water partition coefficient (Wildman–Crippen LogP) is 7.78. The maximum Gasteiger partial charge on any atom is 0.0273 e. The Hall–Kier alpha value is -4.30. The second kappa shape index (κ2) is 7.75. The second-order valence-electron chi connectivity index (χ2n) is 7.96. The molecule has 2 nitrogen and oxygen atoms in total. The predicted molar refractivity (Wildman–Crippen MR) is 133 cm³/mol. The number of fused-ring (bicyclic) bond motifs is 2. The highest BCUT2D eigenvalue weighted by Gasteiger charge is 2.13. The van der Waals surface area contributed by atoms with E-state index in [0.717, 1.165) is 11.1 Å². The fourth-order valence-electron chi connectivity index (χ4n) is 4.52. The average molecular weight is 409 g/mol. The van der Waals surface area contributed by atoms with Crippen molar-refractivity contribution in [3.05, 3.63) is 122 Å². The summed E-state index contributed by atoms with van der Waals surface area (Å²) >= 11 is 0. The van der Waals surface area contributed by atoms with Crippen molar-refractivity contribution in [2.45, 2.75) is 0 Å². The van der Waals surface area contributed by atoms with Crippen LogP contribution < -0.4 is 0 Å². The van der Waals surface area contributed by atoms with Crippen LogP contribution in [-0.4, -0.2) is 9.97 Å². The van der Waals surface area contributed by atoms with Crippen LogP contribution in [0.4, 0.5) is 0 Å². The Morgan fingerprint density at radius 3 is 1.31 bits per heavy atom. The van der Waals surface area contributed by atoms with E-state index in [4.69, 9.17) is 0 Å². The Kier molecular flexibility index (Phi) is 4.47. The first-order valence-electron chi connectivity index (χ1n) is 10.7. The van der Waals surface area contributed by atoms with Crippen molar-refractivity contribution in [1.29, 1.82) is 0 Å². The monoisotopic (exact) mass is 408 g/mol. The van der Waals surface area contributed by atoms with Crippen LogP contribution in [0, 0.1) is 0 Å².